The summed E-state index contributed by atoms with van der Waals surface area (Å²) in [5.74, 6) is 0.0674. The van der Waals surface area contributed by atoms with Gasteiger partial charge in [0.2, 0.25) is 0 Å². The molecule has 0 aromatic carbocycles. The minimum atomic E-state index is -4.38. The van der Waals surface area contributed by atoms with Crippen molar-refractivity contribution in [3.05, 3.63) is 22.3 Å². The van der Waals surface area contributed by atoms with Crippen LogP contribution in [0, 0.1) is 0 Å². The molecule has 0 amide bonds. The summed E-state index contributed by atoms with van der Waals surface area (Å²) in [6.45, 7) is 0.644. The van der Waals surface area contributed by atoms with Gasteiger partial charge in [-0.1, -0.05) is 15.9 Å². The molecule has 7 heteroatoms. The highest BCUT2D eigenvalue weighted by Crippen LogP contribution is 2.39. The van der Waals surface area contributed by atoms with Crippen molar-refractivity contribution in [2.75, 3.05) is 16.8 Å². The van der Waals surface area contributed by atoms with Crippen LogP contribution in [0.25, 0.3) is 0 Å². The summed E-state index contributed by atoms with van der Waals surface area (Å²) in [4.78, 5) is 5.85. The van der Waals surface area contributed by atoms with Crippen molar-refractivity contribution in [1.29, 1.82) is 0 Å². The van der Waals surface area contributed by atoms with E-state index in [1.165, 1.54) is 6.20 Å². The van der Waals surface area contributed by atoms with Gasteiger partial charge in [0.1, 0.15) is 5.82 Å². The molecule has 0 N–H and O–H groups in total. The van der Waals surface area contributed by atoms with Gasteiger partial charge in [-0.15, -0.1) is 0 Å². The Hall–Kier alpha value is -0.300. The average molecular weight is 416 g/mol. The molecule has 1 saturated heterocycles. The summed E-state index contributed by atoms with van der Waals surface area (Å²) >= 11 is 6.44. The van der Waals surface area contributed by atoms with Crippen LogP contribution in [-0.4, -0.2) is 22.9 Å². The SMILES string of the molecule is FC(F)(F)c1cc(Br)cnc1N1CCCC1CCCBr. The molecule has 0 saturated carbocycles. The van der Waals surface area contributed by atoms with Crippen LogP contribution in [0.5, 0.6) is 0 Å². The van der Waals surface area contributed by atoms with Crippen LogP contribution in [0.2, 0.25) is 0 Å². The normalized spacial score (nSPS) is 19.6. The first kappa shape index (κ1) is 16.1. The lowest BCUT2D eigenvalue weighted by atomic mass is 10.1. The van der Waals surface area contributed by atoms with Crippen molar-refractivity contribution in [2.24, 2.45) is 0 Å². The number of halogens is 5. The molecule has 2 heterocycles. The number of alkyl halides is 4. The molecular weight excluding hydrogens is 401 g/mol. The molecular formula is C13H15Br2F3N2. The summed E-state index contributed by atoms with van der Waals surface area (Å²) < 4.78 is 39.8. The molecule has 0 spiro atoms. The van der Waals surface area contributed by atoms with E-state index in [0.717, 1.165) is 37.1 Å². The molecule has 2 nitrogen and oxygen atoms in total. The van der Waals surface area contributed by atoms with Gasteiger partial charge >= 0.3 is 6.18 Å². The van der Waals surface area contributed by atoms with Gasteiger partial charge in [0.25, 0.3) is 0 Å². The van der Waals surface area contributed by atoms with Gasteiger partial charge in [-0.25, -0.2) is 4.98 Å². The fourth-order valence-corrected chi connectivity index (χ4v) is 3.25. The Morgan fingerprint density at radius 1 is 1.40 bits per heavy atom. The first-order valence-electron chi connectivity index (χ1n) is 6.49. The van der Waals surface area contributed by atoms with E-state index in [1.54, 1.807) is 0 Å². The lowest BCUT2D eigenvalue weighted by molar-refractivity contribution is -0.137. The summed E-state index contributed by atoms with van der Waals surface area (Å²) in [6, 6.07) is 1.27. The first-order valence-corrected chi connectivity index (χ1v) is 8.40. The number of nitrogens with zero attached hydrogens (tertiary/aromatic N) is 2. The van der Waals surface area contributed by atoms with E-state index in [-0.39, 0.29) is 11.9 Å². The van der Waals surface area contributed by atoms with Gasteiger partial charge in [0.15, 0.2) is 0 Å². The zero-order valence-corrected chi connectivity index (χ0v) is 13.9. The fraction of sp³-hybridized carbons (Fsp3) is 0.615. The molecule has 1 aromatic heterocycles. The highest BCUT2D eigenvalue weighted by molar-refractivity contribution is 9.10. The predicted molar refractivity (Wildman–Crippen MR) is 80.3 cm³/mol. The number of hydrogen-bond donors (Lipinski definition) is 0. The Kier molecular flexibility index (Phi) is 5.34. The summed E-state index contributed by atoms with van der Waals surface area (Å²) in [7, 11) is 0. The van der Waals surface area contributed by atoms with Crippen LogP contribution in [0.15, 0.2) is 16.7 Å². The van der Waals surface area contributed by atoms with Crippen molar-refractivity contribution >= 4 is 37.7 Å². The van der Waals surface area contributed by atoms with Gasteiger partial charge in [0, 0.05) is 28.6 Å². The van der Waals surface area contributed by atoms with Gasteiger partial charge in [-0.2, -0.15) is 13.2 Å². The molecule has 1 atom stereocenters. The molecule has 1 fully saturated rings. The monoisotopic (exact) mass is 414 g/mol. The van der Waals surface area contributed by atoms with E-state index in [2.05, 4.69) is 36.8 Å². The highest BCUT2D eigenvalue weighted by atomic mass is 79.9. The maximum atomic E-state index is 13.2. The third-order valence-electron chi connectivity index (χ3n) is 3.46. The maximum absolute atomic E-state index is 13.2. The molecule has 1 aromatic rings. The minimum Gasteiger partial charge on any atom is -0.353 e. The average Bonchev–Trinajstić information content (AvgIpc) is 2.83. The summed E-state index contributed by atoms with van der Waals surface area (Å²) in [5.41, 5.74) is -0.655. The zero-order chi connectivity index (χ0) is 14.8. The number of hydrogen-bond acceptors (Lipinski definition) is 2. The van der Waals surface area contributed by atoms with Gasteiger partial charge in [-0.3, -0.25) is 0 Å². The lowest BCUT2D eigenvalue weighted by Crippen LogP contribution is -2.32. The molecule has 20 heavy (non-hydrogen) atoms. The Morgan fingerprint density at radius 2 is 2.15 bits per heavy atom. The summed E-state index contributed by atoms with van der Waals surface area (Å²) in [5, 5.41) is 0.872. The third-order valence-corrected chi connectivity index (χ3v) is 4.45. The van der Waals surface area contributed by atoms with E-state index < -0.39 is 11.7 Å². The highest BCUT2D eigenvalue weighted by Gasteiger charge is 2.38. The van der Waals surface area contributed by atoms with Crippen molar-refractivity contribution in [3.8, 4) is 0 Å². The topological polar surface area (TPSA) is 16.1 Å². The second kappa shape index (κ2) is 6.64. The standard InChI is InChI=1S/C13H15Br2F3N2/c14-5-1-3-10-4-2-6-20(10)12-11(13(16,17)18)7-9(15)8-19-12/h7-8,10H,1-6H2. The van der Waals surface area contributed by atoms with Crippen LogP contribution >= 0.6 is 31.9 Å². The zero-order valence-electron chi connectivity index (χ0n) is 10.8. The summed E-state index contributed by atoms with van der Waals surface area (Å²) in [6.07, 6.45) is 0.752. The molecule has 0 bridgehead atoms. The van der Waals surface area contributed by atoms with E-state index in [9.17, 15) is 13.2 Å². The van der Waals surface area contributed by atoms with Crippen LogP contribution in [0.1, 0.15) is 31.2 Å². The Labute approximate surface area is 133 Å². The van der Waals surface area contributed by atoms with Gasteiger partial charge < -0.3 is 4.90 Å². The molecule has 0 aliphatic carbocycles. The van der Waals surface area contributed by atoms with Crippen LogP contribution in [0.3, 0.4) is 0 Å². The van der Waals surface area contributed by atoms with E-state index >= 15 is 0 Å². The molecule has 112 valence electrons. The molecule has 1 aliphatic heterocycles. The molecule has 1 unspecified atom stereocenters. The van der Waals surface area contributed by atoms with E-state index in [1.807, 2.05) is 4.90 Å². The largest absolute Gasteiger partial charge is 0.419 e. The number of pyridine rings is 1. The predicted octanol–water partition coefficient (Wildman–Crippen LogP) is 5.01. The van der Waals surface area contributed by atoms with Crippen molar-refractivity contribution in [3.63, 3.8) is 0 Å². The first-order chi connectivity index (χ1) is 9.43. The lowest BCUT2D eigenvalue weighted by Gasteiger charge is -2.28. The quantitative estimate of drug-likeness (QED) is 0.642. The number of rotatable bonds is 4. The second-order valence-corrected chi connectivity index (χ2v) is 6.55. The van der Waals surface area contributed by atoms with Crippen LogP contribution in [-0.2, 0) is 6.18 Å². The van der Waals surface area contributed by atoms with Crippen LogP contribution in [0.4, 0.5) is 19.0 Å². The third kappa shape index (κ3) is 3.67. The fourth-order valence-electron chi connectivity index (χ4n) is 2.60. The van der Waals surface area contributed by atoms with Crippen molar-refractivity contribution < 1.29 is 13.2 Å². The minimum absolute atomic E-state index is 0.0674. The Morgan fingerprint density at radius 3 is 2.80 bits per heavy atom. The van der Waals surface area contributed by atoms with Crippen molar-refractivity contribution in [1.82, 2.24) is 4.98 Å². The Balaban J connectivity index is 2.31. The molecule has 2 rings (SSSR count). The van der Waals surface area contributed by atoms with E-state index in [4.69, 9.17) is 0 Å². The maximum Gasteiger partial charge on any atom is 0.419 e. The number of anilines is 1. The number of aromatic nitrogens is 1. The Bertz CT molecular complexity index is 465. The van der Waals surface area contributed by atoms with E-state index in [0.29, 0.717) is 11.0 Å². The van der Waals surface area contributed by atoms with Gasteiger partial charge in [-0.05, 0) is 47.7 Å². The molecule has 1 aliphatic rings. The van der Waals surface area contributed by atoms with Crippen molar-refractivity contribution in [2.45, 2.75) is 37.9 Å². The van der Waals surface area contributed by atoms with Crippen LogP contribution < -0.4 is 4.90 Å². The molecule has 0 radical (unpaired) electrons. The van der Waals surface area contributed by atoms with Gasteiger partial charge in [0.05, 0.1) is 5.56 Å². The second-order valence-electron chi connectivity index (χ2n) is 4.84. The smallest absolute Gasteiger partial charge is 0.353 e.